The van der Waals surface area contributed by atoms with Crippen molar-refractivity contribution in [1.82, 2.24) is 0 Å². The Bertz CT molecular complexity index is 514. The van der Waals surface area contributed by atoms with Crippen LogP contribution in [0.4, 0.5) is 0 Å². The van der Waals surface area contributed by atoms with Crippen molar-refractivity contribution in [1.29, 1.82) is 2.86 Å². The third-order valence-corrected chi connectivity index (χ3v) is 6.17. The number of hydrogen-bond donors (Lipinski definition) is 2. The van der Waals surface area contributed by atoms with Gasteiger partial charge in [0.1, 0.15) is 0 Å². The molecule has 2 bridgehead atoms. The van der Waals surface area contributed by atoms with Crippen molar-refractivity contribution in [2.45, 2.75) is 0 Å². The Kier molecular flexibility index (Phi) is 0.659. The summed E-state index contributed by atoms with van der Waals surface area (Å²) in [7, 11) is 0. The zero-order chi connectivity index (χ0) is 14.2. The summed E-state index contributed by atoms with van der Waals surface area (Å²) in [4.78, 5) is 24.0. The quantitative estimate of drug-likeness (QED) is 0.711. The summed E-state index contributed by atoms with van der Waals surface area (Å²) in [6.45, 7) is 0. The molecule has 6 unspecified atom stereocenters. The summed E-state index contributed by atoms with van der Waals surface area (Å²) < 4.78 is 30.7. The van der Waals surface area contributed by atoms with Gasteiger partial charge in [0.2, 0.25) is 0 Å². The molecule has 0 aromatic heterocycles. The average molecular weight is 224 g/mol. The first-order valence-corrected chi connectivity index (χ1v) is 5.81. The zero-order valence-corrected chi connectivity index (χ0v) is 8.25. The molecular weight excluding hydrogens is 208 g/mol. The van der Waals surface area contributed by atoms with Crippen LogP contribution in [-0.2, 0) is 9.59 Å². The Morgan fingerprint density at radius 2 is 1.06 bits per heavy atom. The predicted molar refractivity (Wildman–Crippen MR) is 50.2 cm³/mol. The summed E-state index contributed by atoms with van der Waals surface area (Å²) in [5.41, 5.74) is 0. The van der Waals surface area contributed by atoms with Gasteiger partial charge < -0.3 is 10.2 Å². The van der Waals surface area contributed by atoms with E-state index in [1.807, 2.05) is 0 Å². The normalized spacial score (nSPS) is 82.5. The molecular formula is C12H12O4. The molecule has 6 atom stereocenters. The van der Waals surface area contributed by atoms with Crippen LogP contribution in [0.25, 0.3) is 2.86 Å². The number of rotatable bonds is 2. The van der Waals surface area contributed by atoms with Gasteiger partial charge in [0.15, 0.2) is 0 Å². The smallest absolute Gasteiger partial charge is 0.307 e. The fourth-order valence-electron chi connectivity index (χ4n) is 6.03. The van der Waals surface area contributed by atoms with E-state index in [0.717, 1.165) is 0 Å². The van der Waals surface area contributed by atoms with Crippen LogP contribution in [0, 0.1) is 59.1 Å². The third-order valence-electron chi connectivity index (χ3n) is 6.17. The fourth-order valence-corrected chi connectivity index (χ4v) is 6.03. The maximum atomic E-state index is 12.0. The lowest BCUT2D eigenvalue weighted by Gasteiger charge is -2.94. The van der Waals surface area contributed by atoms with Crippen molar-refractivity contribution < 1.29 is 22.5 Å². The Hall–Kier alpha value is -1.06. The molecule has 0 aromatic rings. The monoisotopic (exact) mass is 224 g/mol. The van der Waals surface area contributed by atoms with Gasteiger partial charge in [-0.2, -0.15) is 0 Å². The van der Waals surface area contributed by atoms with Gasteiger partial charge in [-0.25, -0.2) is 0 Å². The molecule has 0 spiro atoms. The highest BCUT2D eigenvalue weighted by Gasteiger charge is 2.92. The molecule has 84 valence electrons. The minimum absolute atomic E-state index is 0.230. The van der Waals surface area contributed by atoms with E-state index in [-0.39, 0.29) is 35.5 Å². The van der Waals surface area contributed by atoms with E-state index in [1.165, 1.54) is 0 Å². The van der Waals surface area contributed by atoms with Crippen molar-refractivity contribution in [3.05, 3.63) is 0 Å². The van der Waals surface area contributed by atoms with E-state index in [9.17, 15) is 9.59 Å². The van der Waals surface area contributed by atoms with Crippen LogP contribution in [0.15, 0.2) is 0 Å². The van der Waals surface area contributed by atoms with Crippen molar-refractivity contribution >= 4 is 11.9 Å². The molecule has 0 heterocycles. The fraction of sp³-hybridized carbons (Fsp3) is 0.833. The van der Waals surface area contributed by atoms with Gasteiger partial charge in [-0.3, -0.25) is 9.59 Å². The summed E-state index contributed by atoms with van der Waals surface area (Å²) in [6, 6.07) is 0. The SMILES string of the molecule is [2H]OC(=O)C1([2H])C2C3C4C5C3C(C5C42)C1([2H])C(=O)O[2H]. The number of carboxylic acid groups (broad SMARTS) is 2. The standard InChI is InChI=1S/C12H12O4/c13-11(14)9-7-3-1-2-5(3)8(6(2)4(1)7)10(9)12(15)16/h1-10H,(H,13,14)(H,15,16)/i9D,10D/hD2. The summed E-state index contributed by atoms with van der Waals surface area (Å²) >= 11 is 0. The Morgan fingerprint density at radius 3 is 1.38 bits per heavy atom. The number of aliphatic carboxylic acids is 2. The maximum absolute atomic E-state index is 12.0. The first kappa shape index (κ1) is 5.52. The number of hydrogen-bond acceptors (Lipinski definition) is 4. The molecule has 4 heteroatoms. The third kappa shape index (κ3) is 0.466. The predicted octanol–water partition coefficient (Wildman–Crippen LogP) is 0.386. The number of carbonyl (C=O) groups is 2. The highest BCUT2D eigenvalue weighted by Crippen LogP contribution is 2.93. The summed E-state index contributed by atoms with van der Waals surface area (Å²) in [5.74, 6) is -5.22. The van der Waals surface area contributed by atoms with E-state index in [1.54, 1.807) is 0 Å². The second-order valence-corrected chi connectivity index (χ2v) is 5.92. The highest BCUT2D eigenvalue weighted by molar-refractivity contribution is 5.82. The second kappa shape index (κ2) is 1.91. The van der Waals surface area contributed by atoms with Gasteiger partial charge in [0, 0.05) is 2.74 Å². The number of fused-ring (bicyclic) bond motifs is 1. The molecule has 0 aliphatic heterocycles. The number of carboxylic acids is 2. The van der Waals surface area contributed by atoms with E-state index >= 15 is 0 Å². The van der Waals surface area contributed by atoms with Gasteiger partial charge in [0.25, 0.3) is 2.86 Å². The maximum Gasteiger partial charge on any atom is 0.307 e. The van der Waals surface area contributed by atoms with Gasteiger partial charge in [-0.05, 0) is 47.3 Å². The molecule has 2 N–H and O–H groups in total. The van der Waals surface area contributed by atoms with E-state index < -0.39 is 23.7 Å². The van der Waals surface area contributed by atoms with Gasteiger partial charge in [-0.15, -0.1) is 0 Å². The van der Waals surface area contributed by atoms with E-state index in [2.05, 4.69) is 10.2 Å². The lowest BCUT2D eigenvalue weighted by molar-refractivity contribution is -0.478. The summed E-state index contributed by atoms with van der Waals surface area (Å²) in [5, 5.41) is 7.99. The first-order chi connectivity index (χ1) is 9.46. The molecule has 16 heavy (non-hydrogen) atoms. The van der Waals surface area contributed by atoms with Gasteiger partial charge in [-0.1, -0.05) is 0 Å². The summed E-state index contributed by atoms with van der Waals surface area (Å²) in [6.07, 6.45) is 0. The average Bonchev–Trinajstić information content (AvgIpc) is 2.46. The van der Waals surface area contributed by atoms with Crippen LogP contribution in [0.1, 0.15) is 2.74 Å². The molecule has 0 radical (unpaired) electrons. The largest absolute Gasteiger partial charge is 0.481 e. The molecule has 6 fully saturated rings. The zero-order valence-electron chi connectivity index (χ0n) is 12.3. The lowest BCUT2D eigenvalue weighted by atomic mass is 9.09. The van der Waals surface area contributed by atoms with Crippen LogP contribution in [-0.4, -0.2) is 22.2 Å². The molecule has 6 rings (SSSR count). The molecule has 6 aliphatic carbocycles. The highest BCUT2D eigenvalue weighted by atomic mass is 16.4. The van der Waals surface area contributed by atoms with E-state index in [0.29, 0.717) is 11.8 Å². The van der Waals surface area contributed by atoms with Crippen molar-refractivity contribution in [3.63, 3.8) is 0 Å². The minimum Gasteiger partial charge on any atom is -0.481 e. The molecule has 0 saturated heterocycles. The van der Waals surface area contributed by atoms with Crippen molar-refractivity contribution in [2.75, 3.05) is 0 Å². The topological polar surface area (TPSA) is 74.6 Å². The van der Waals surface area contributed by atoms with Gasteiger partial charge in [0.05, 0.1) is 11.8 Å². The van der Waals surface area contributed by atoms with Crippen molar-refractivity contribution in [3.8, 4) is 0 Å². The van der Waals surface area contributed by atoms with Crippen LogP contribution in [0.5, 0.6) is 0 Å². The van der Waals surface area contributed by atoms with E-state index in [4.69, 9.17) is 5.60 Å². The van der Waals surface area contributed by atoms with Crippen molar-refractivity contribution in [2.24, 2.45) is 59.1 Å². The molecule has 6 aliphatic rings. The van der Waals surface area contributed by atoms with Crippen LogP contribution in [0.2, 0.25) is 0 Å². The lowest BCUT2D eigenvalue weighted by Crippen LogP contribution is -2.93. The first-order valence-electron chi connectivity index (χ1n) is 7.63. The van der Waals surface area contributed by atoms with Crippen LogP contribution >= 0.6 is 0 Å². The van der Waals surface area contributed by atoms with Crippen LogP contribution < -0.4 is 0 Å². The van der Waals surface area contributed by atoms with Crippen LogP contribution in [0.3, 0.4) is 0 Å². The Labute approximate surface area is 97.4 Å². The Morgan fingerprint density at radius 1 is 0.750 bits per heavy atom. The molecule has 0 aromatic carbocycles. The molecule has 4 nitrogen and oxygen atoms in total. The minimum atomic E-state index is -2.10. The van der Waals surface area contributed by atoms with Gasteiger partial charge >= 0.3 is 11.9 Å². The Balaban J connectivity index is 1.69. The second-order valence-electron chi connectivity index (χ2n) is 5.92. The molecule has 6 saturated carbocycles. The molecule has 0 amide bonds.